The summed E-state index contributed by atoms with van der Waals surface area (Å²) in [5, 5.41) is 2.71. The summed E-state index contributed by atoms with van der Waals surface area (Å²) < 4.78 is 31.6. The number of hydrogen-bond donors (Lipinski definition) is 1. The summed E-state index contributed by atoms with van der Waals surface area (Å²) >= 11 is 0. The molecular weight excluding hydrogens is 430 g/mol. The summed E-state index contributed by atoms with van der Waals surface area (Å²) in [7, 11) is -1.02. The second kappa shape index (κ2) is 10.6. The van der Waals surface area contributed by atoms with E-state index in [0.717, 1.165) is 30.0 Å². The quantitative estimate of drug-likeness (QED) is 0.687. The zero-order chi connectivity index (χ0) is 23.1. The highest BCUT2D eigenvalue weighted by Gasteiger charge is 2.25. The summed E-state index contributed by atoms with van der Waals surface area (Å²) in [6.45, 7) is 1.01. The highest BCUT2D eigenvalue weighted by molar-refractivity contribution is 7.89. The minimum atomic E-state index is -3.86. The fraction of sp³-hybridized carbons (Fsp3) is 0.391. The summed E-state index contributed by atoms with van der Waals surface area (Å²) in [6.07, 6.45) is 4.15. The van der Waals surface area contributed by atoms with Crippen LogP contribution >= 0.6 is 0 Å². The SMILES string of the molecule is COc1ccc(S(=O)(=O)N(C)CC(=O)Nc2ccccc2C(=O)N2CCCCCC2)cc1. The van der Waals surface area contributed by atoms with Crippen molar-refractivity contribution < 1.29 is 22.7 Å². The minimum absolute atomic E-state index is 0.0605. The molecule has 0 spiro atoms. The van der Waals surface area contributed by atoms with Gasteiger partial charge < -0.3 is 15.0 Å². The number of amides is 2. The highest BCUT2D eigenvalue weighted by Crippen LogP contribution is 2.21. The molecule has 0 unspecified atom stereocenters. The van der Waals surface area contributed by atoms with E-state index in [1.165, 1.54) is 26.3 Å². The maximum Gasteiger partial charge on any atom is 0.255 e. The molecule has 1 aliphatic heterocycles. The van der Waals surface area contributed by atoms with Crippen LogP contribution in [-0.4, -0.2) is 63.2 Å². The number of methoxy groups -OCH3 is 1. The first-order valence-electron chi connectivity index (χ1n) is 10.6. The van der Waals surface area contributed by atoms with Crippen LogP contribution in [0.3, 0.4) is 0 Å². The van der Waals surface area contributed by atoms with Gasteiger partial charge in [0.2, 0.25) is 15.9 Å². The number of carbonyl (C=O) groups is 2. The smallest absolute Gasteiger partial charge is 0.255 e. The molecule has 32 heavy (non-hydrogen) atoms. The molecule has 0 atom stereocenters. The number of carbonyl (C=O) groups excluding carboxylic acids is 2. The number of rotatable bonds is 7. The largest absolute Gasteiger partial charge is 0.497 e. The van der Waals surface area contributed by atoms with Crippen LogP contribution < -0.4 is 10.1 Å². The number of ether oxygens (including phenoxy) is 1. The summed E-state index contributed by atoms with van der Waals surface area (Å²) in [5.74, 6) is -0.113. The summed E-state index contributed by atoms with van der Waals surface area (Å²) in [6, 6.07) is 12.8. The van der Waals surface area contributed by atoms with E-state index in [1.54, 1.807) is 36.4 Å². The van der Waals surface area contributed by atoms with Gasteiger partial charge in [0.15, 0.2) is 0 Å². The number of likely N-dealkylation sites (N-methyl/N-ethyl adjacent to an activating group) is 1. The molecule has 0 aliphatic carbocycles. The summed E-state index contributed by atoms with van der Waals surface area (Å²) in [5.41, 5.74) is 0.783. The van der Waals surface area contributed by atoms with Crippen molar-refractivity contribution in [1.29, 1.82) is 0 Å². The molecule has 0 saturated carbocycles. The van der Waals surface area contributed by atoms with Crippen LogP contribution in [0.25, 0.3) is 0 Å². The highest BCUT2D eigenvalue weighted by atomic mass is 32.2. The Morgan fingerprint density at radius 3 is 2.25 bits per heavy atom. The lowest BCUT2D eigenvalue weighted by atomic mass is 10.1. The van der Waals surface area contributed by atoms with E-state index in [-0.39, 0.29) is 17.3 Å². The van der Waals surface area contributed by atoms with Gasteiger partial charge in [-0.1, -0.05) is 25.0 Å². The van der Waals surface area contributed by atoms with Gasteiger partial charge in [0, 0.05) is 20.1 Å². The fourth-order valence-corrected chi connectivity index (χ4v) is 4.75. The number of para-hydroxylation sites is 1. The third kappa shape index (κ3) is 5.66. The number of hydrogen-bond acceptors (Lipinski definition) is 5. The molecular formula is C23H29N3O5S. The van der Waals surface area contributed by atoms with Crippen molar-refractivity contribution >= 4 is 27.5 Å². The van der Waals surface area contributed by atoms with Crippen molar-refractivity contribution in [3.63, 3.8) is 0 Å². The lowest BCUT2D eigenvalue weighted by Gasteiger charge is -2.22. The molecule has 1 saturated heterocycles. The third-order valence-corrected chi connectivity index (χ3v) is 7.28. The van der Waals surface area contributed by atoms with E-state index < -0.39 is 15.9 Å². The van der Waals surface area contributed by atoms with Gasteiger partial charge in [-0.2, -0.15) is 4.31 Å². The monoisotopic (exact) mass is 459 g/mol. The average molecular weight is 460 g/mol. The van der Waals surface area contributed by atoms with E-state index in [0.29, 0.717) is 30.1 Å². The van der Waals surface area contributed by atoms with E-state index >= 15 is 0 Å². The predicted octanol–water partition coefficient (Wildman–Crippen LogP) is 2.97. The van der Waals surface area contributed by atoms with Gasteiger partial charge in [0.05, 0.1) is 29.8 Å². The number of nitrogens with zero attached hydrogens (tertiary/aromatic N) is 2. The molecule has 1 N–H and O–H groups in total. The third-order valence-electron chi connectivity index (χ3n) is 5.46. The molecule has 1 fully saturated rings. The summed E-state index contributed by atoms with van der Waals surface area (Å²) in [4.78, 5) is 27.6. The van der Waals surface area contributed by atoms with Crippen LogP contribution in [0.15, 0.2) is 53.4 Å². The van der Waals surface area contributed by atoms with Gasteiger partial charge in [0.1, 0.15) is 5.75 Å². The molecule has 8 nitrogen and oxygen atoms in total. The number of sulfonamides is 1. The molecule has 9 heteroatoms. The van der Waals surface area contributed by atoms with Crippen molar-refractivity contribution in [2.24, 2.45) is 0 Å². The van der Waals surface area contributed by atoms with Crippen molar-refractivity contribution in [3.05, 3.63) is 54.1 Å². The van der Waals surface area contributed by atoms with E-state index in [2.05, 4.69) is 5.32 Å². The molecule has 2 aromatic carbocycles. The number of anilines is 1. The topological polar surface area (TPSA) is 96.0 Å². The maximum atomic E-state index is 13.0. The Balaban J connectivity index is 1.70. The van der Waals surface area contributed by atoms with Crippen molar-refractivity contribution in [3.8, 4) is 5.75 Å². The fourth-order valence-electron chi connectivity index (χ4n) is 3.63. The molecule has 0 bridgehead atoms. The van der Waals surface area contributed by atoms with Crippen molar-refractivity contribution in [1.82, 2.24) is 9.21 Å². The molecule has 0 radical (unpaired) electrons. The van der Waals surface area contributed by atoms with Crippen LogP contribution in [0.4, 0.5) is 5.69 Å². The second-order valence-electron chi connectivity index (χ2n) is 7.74. The zero-order valence-corrected chi connectivity index (χ0v) is 19.2. The van der Waals surface area contributed by atoms with Crippen molar-refractivity contribution in [2.75, 3.05) is 39.1 Å². The first-order chi connectivity index (χ1) is 15.3. The van der Waals surface area contributed by atoms with E-state index in [9.17, 15) is 18.0 Å². The molecule has 2 aromatic rings. The number of likely N-dealkylation sites (tertiary alicyclic amines) is 1. The minimum Gasteiger partial charge on any atom is -0.497 e. The van der Waals surface area contributed by atoms with Crippen molar-refractivity contribution in [2.45, 2.75) is 30.6 Å². The van der Waals surface area contributed by atoms with Gasteiger partial charge in [-0.15, -0.1) is 0 Å². The lowest BCUT2D eigenvalue weighted by molar-refractivity contribution is -0.116. The standard InChI is InChI=1S/C23H29N3O5S/c1-25(32(29,30)19-13-11-18(31-2)12-14-19)17-22(27)24-21-10-6-5-9-20(21)23(28)26-15-7-3-4-8-16-26/h5-6,9-14H,3-4,7-8,15-17H2,1-2H3,(H,24,27). The molecule has 172 valence electrons. The molecule has 3 rings (SSSR count). The molecule has 1 aliphatic rings. The van der Waals surface area contributed by atoms with E-state index in [1.807, 2.05) is 4.90 Å². The number of nitrogens with one attached hydrogen (secondary N) is 1. The Hall–Kier alpha value is -2.91. The van der Waals surface area contributed by atoms with Gasteiger partial charge in [-0.05, 0) is 49.2 Å². The lowest BCUT2D eigenvalue weighted by Crippen LogP contribution is -2.36. The average Bonchev–Trinajstić information content (AvgIpc) is 3.08. The Morgan fingerprint density at radius 1 is 1.00 bits per heavy atom. The van der Waals surface area contributed by atoms with Crippen LogP contribution in [0.1, 0.15) is 36.0 Å². The molecule has 0 aromatic heterocycles. The van der Waals surface area contributed by atoms with Gasteiger partial charge in [-0.3, -0.25) is 9.59 Å². The van der Waals surface area contributed by atoms with Gasteiger partial charge >= 0.3 is 0 Å². The van der Waals surface area contributed by atoms with Crippen LogP contribution in [0, 0.1) is 0 Å². The second-order valence-corrected chi connectivity index (χ2v) is 9.78. The Labute approximate surface area is 189 Å². The Kier molecular flexibility index (Phi) is 7.87. The first kappa shape index (κ1) is 23.7. The van der Waals surface area contributed by atoms with Gasteiger partial charge in [0.25, 0.3) is 5.91 Å². The first-order valence-corrected chi connectivity index (χ1v) is 12.1. The van der Waals surface area contributed by atoms with Crippen LogP contribution in [0.2, 0.25) is 0 Å². The zero-order valence-electron chi connectivity index (χ0n) is 18.4. The number of benzene rings is 2. The van der Waals surface area contributed by atoms with Gasteiger partial charge in [-0.25, -0.2) is 8.42 Å². The van der Waals surface area contributed by atoms with E-state index in [4.69, 9.17) is 4.74 Å². The maximum absolute atomic E-state index is 13.0. The Bertz CT molecular complexity index is 1050. The molecule has 2 amide bonds. The van der Waals surface area contributed by atoms with Crippen LogP contribution in [0.5, 0.6) is 5.75 Å². The Morgan fingerprint density at radius 2 is 1.62 bits per heavy atom. The predicted molar refractivity (Wildman–Crippen MR) is 122 cm³/mol. The molecule has 1 heterocycles. The van der Waals surface area contributed by atoms with Crippen LogP contribution in [-0.2, 0) is 14.8 Å². The normalized spacial score (nSPS) is 14.7.